The Morgan fingerprint density at radius 3 is 3.00 bits per heavy atom. The van der Waals surface area contributed by atoms with Crippen molar-refractivity contribution in [3.8, 4) is 0 Å². The minimum Gasteiger partial charge on any atom is -0.383 e. The maximum absolute atomic E-state index is 12.2. The average molecular weight is 341 g/mol. The van der Waals surface area contributed by atoms with Crippen LogP contribution in [0, 0.1) is 5.92 Å². The first-order chi connectivity index (χ1) is 9.74. The van der Waals surface area contributed by atoms with Crippen LogP contribution in [0.1, 0.15) is 32.1 Å². The highest BCUT2D eigenvalue weighted by atomic mass is 79.9. The molecule has 2 fully saturated rings. The summed E-state index contributed by atoms with van der Waals surface area (Å²) in [6.45, 7) is 2.75. The van der Waals surface area contributed by atoms with Crippen molar-refractivity contribution < 1.29 is 0 Å². The van der Waals surface area contributed by atoms with Gasteiger partial charge in [-0.3, -0.25) is 4.79 Å². The zero-order valence-corrected chi connectivity index (χ0v) is 13.2. The van der Waals surface area contributed by atoms with Crippen molar-refractivity contribution in [1.29, 1.82) is 0 Å². The van der Waals surface area contributed by atoms with Gasteiger partial charge in [0.25, 0.3) is 5.56 Å². The van der Waals surface area contributed by atoms with Crippen molar-refractivity contribution in [2.24, 2.45) is 5.92 Å². The van der Waals surface area contributed by atoms with E-state index in [9.17, 15) is 4.79 Å². The predicted molar refractivity (Wildman–Crippen MR) is 83.1 cm³/mol. The Bertz CT molecular complexity index is 520. The number of hydrogen-bond acceptors (Lipinski definition) is 4. The minimum absolute atomic E-state index is 0.0270. The highest BCUT2D eigenvalue weighted by molar-refractivity contribution is 9.10. The van der Waals surface area contributed by atoms with E-state index in [-0.39, 0.29) is 5.56 Å². The van der Waals surface area contributed by atoms with E-state index in [0.717, 1.165) is 31.7 Å². The first-order valence-electron chi connectivity index (χ1n) is 7.47. The molecule has 1 aliphatic carbocycles. The molecule has 1 saturated carbocycles. The second-order valence-corrected chi connectivity index (χ2v) is 6.60. The molecule has 6 heteroatoms. The number of nitrogens with one attached hydrogen (secondary N) is 2. The molecule has 3 rings (SSSR count). The van der Waals surface area contributed by atoms with Crippen LogP contribution >= 0.6 is 15.9 Å². The Kier molecular flexibility index (Phi) is 4.41. The highest BCUT2D eigenvalue weighted by Crippen LogP contribution is 2.30. The normalized spacial score (nSPS) is 22.1. The van der Waals surface area contributed by atoms with E-state index in [1.807, 2.05) is 0 Å². The minimum atomic E-state index is -0.0270. The smallest absolute Gasteiger partial charge is 0.283 e. The van der Waals surface area contributed by atoms with Gasteiger partial charge in [0.1, 0.15) is 4.47 Å². The molecule has 1 aliphatic heterocycles. The summed E-state index contributed by atoms with van der Waals surface area (Å²) >= 11 is 3.40. The summed E-state index contributed by atoms with van der Waals surface area (Å²) in [6.07, 6.45) is 7.81. The van der Waals surface area contributed by atoms with Crippen LogP contribution in [0.2, 0.25) is 0 Å². The van der Waals surface area contributed by atoms with Crippen molar-refractivity contribution in [3.05, 3.63) is 21.0 Å². The molecule has 20 heavy (non-hydrogen) atoms. The predicted octanol–water partition coefficient (Wildman–Crippen LogP) is 1.97. The molecular formula is C14H21BrN4O. The van der Waals surface area contributed by atoms with Crippen LogP contribution in [0.3, 0.4) is 0 Å². The lowest BCUT2D eigenvalue weighted by molar-refractivity contribution is 0.531. The van der Waals surface area contributed by atoms with Gasteiger partial charge in [-0.15, -0.1) is 0 Å². The molecule has 2 heterocycles. The van der Waals surface area contributed by atoms with Crippen LogP contribution in [0.4, 0.5) is 5.69 Å². The fourth-order valence-electron chi connectivity index (χ4n) is 2.65. The Morgan fingerprint density at radius 1 is 1.45 bits per heavy atom. The fourth-order valence-corrected chi connectivity index (χ4v) is 3.09. The summed E-state index contributed by atoms with van der Waals surface area (Å²) < 4.78 is 2.18. The SMILES string of the molecule is O=c1c(Br)c(NCCC2CCCN2)cnn1CC1CC1. The second kappa shape index (κ2) is 6.26. The van der Waals surface area contributed by atoms with Gasteiger partial charge in [-0.2, -0.15) is 5.10 Å². The molecule has 2 aliphatic rings. The lowest BCUT2D eigenvalue weighted by atomic mass is 10.1. The summed E-state index contributed by atoms with van der Waals surface area (Å²) in [5, 5.41) is 11.1. The Morgan fingerprint density at radius 2 is 2.30 bits per heavy atom. The van der Waals surface area contributed by atoms with Gasteiger partial charge >= 0.3 is 0 Å². The van der Waals surface area contributed by atoms with Crippen molar-refractivity contribution in [3.63, 3.8) is 0 Å². The molecular weight excluding hydrogens is 320 g/mol. The molecule has 110 valence electrons. The maximum atomic E-state index is 12.2. The number of hydrogen-bond donors (Lipinski definition) is 2. The largest absolute Gasteiger partial charge is 0.383 e. The third kappa shape index (κ3) is 3.41. The molecule has 1 saturated heterocycles. The first kappa shape index (κ1) is 14.1. The van der Waals surface area contributed by atoms with Gasteiger partial charge in [0.2, 0.25) is 0 Å². The molecule has 0 amide bonds. The third-order valence-electron chi connectivity index (χ3n) is 4.08. The monoisotopic (exact) mass is 340 g/mol. The quantitative estimate of drug-likeness (QED) is 0.831. The van der Waals surface area contributed by atoms with E-state index < -0.39 is 0 Å². The molecule has 1 aromatic heterocycles. The lowest BCUT2D eigenvalue weighted by Crippen LogP contribution is -2.27. The molecule has 0 aromatic carbocycles. The van der Waals surface area contributed by atoms with Gasteiger partial charge in [0.15, 0.2) is 0 Å². The van der Waals surface area contributed by atoms with Crippen molar-refractivity contribution in [2.75, 3.05) is 18.4 Å². The Balaban J connectivity index is 1.58. The van der Waals surface area contributed by atoms with Gasteiger partial charge in [-0.1, -0.05) is 0 Å². The Labute approximate surface area is 127 Å². The highest BCUT2D eigenvalue weighted by Gasteiger charge is 2.23. The van der Waals surface area contributed by atoms with E-state index in [2.05, 4.69) is 31.7 Å². The molecule has 0 spiro atoms. The Hall–Kier alpha value is -0.880. The summed E-state index contributed by atoms with van der Waals surface area (Å²) in [4.78, 5) is 12.2. The van der Waals surface area contributed by atoms with Gasteiger partial charge in [-0.05, 0) is 60.5 Å². The van der Waals surface area contributed by atoms with Gasteiger partial charge < -0.3 is 10.6 Å². The lowest BCUT2D eigenvalue weighted by Gasteiger charge is -2.13. The van der Waals surface area contributed by atoms with E-state index >= 15 is 0 Å². The van der Waals surface area contributed by atoms with Gasteiger partial charge in [0.05, 0.1) is 11.9 Å². The molecule has 1 aromatic rings. The van der Waals surface area contributed by atoms with E-state index in [4.69, 9.17) is 0 Å². The van der Waals surface area contributed by atoms with Crippen LogP contribution in [-0.4, -0.2) is 28.9 Å². The van der Waals surface area contributed by atoms with E-state index in [0.29, 0.717) is 16.4 Å². The van der Waals surface area contributed by atoms with Crippen LogP contribution in [0.5, 0.6) is 0 Å². The standard InChI is InChI=1S/C14H21BrN4O/c15-13-12(17-7-5-11-2-1-6-16-11)8-18-19(14(13)20)9-10-3-4-10/h8,10-11,16-17H,1-7,9H2. The van der Waals surface area contributed by atoms with Crippen molar-refractivity contribution in [1.82, 2.24) is 15.1 Å². The van der Waals surface area contributed by atoms with Gasteiger partial charge in [-0.25, -0.2) is 4.68 Å². The molecule has 5 nitrogen and oxygen atoms in total. The topological polar surface area (TPSA) is 59.0 Å². The van der Waals surface area contributed by atoms with E-state index in [1.54, 1.807) is 10.9 Å². The molecule has 1 atom stereocenters. The molecule has 2 N–H and O–H groups in total. The summed E-state index contributed by atoms with van der Waals surface area (Å²) in [6, 6.07) is 0.615. The van der Waals surface area contributed by atoms with Crippen LogP contribution < -0.4 is 16.2 Å². The van der Waals surface area contributed by atoms with E-state index in [1.165, 1.54) is 25.7 Å². The third-order valence-corrected chi connectivity index (χ3v) is 4.85. The number of anilines is 1. The van der Waals surface area contributed by atoms with Crippen LogP contribution in [0.15, 0.2) is 15.5 Å². The average Bonchev–Trinajstić information content (AvgIpc) is 3.11. The summed E-state index contributed by atoms with van der Waals surface area (Å²) in [5.74, 6) is 0.652. The number of aromatic nitrogens is 2. The van der Waals surface area contributed by atoms with Gasteiger partial charge in [0, 0.05) is 19.1 Å². The van der Waals surface area contributed by atoms with Crippen molar-refractivity contribution >= 4 is 21.6 Å². The number of rotatable bonds is 6. The molecule has 1 unspecified atom stereocenters. The second-order valence-electron chi connectivity index (χ2n) is 5.81. The van der Waals surface area contributed by atoms with Crippen molar-refractivity contribution in [2.45, 2.75) is 44.7 Å². The fraction of sp³-hybridized carbons (Fsp3) is 0.714. The number of halogens is 1. The maximum Gasteiger partial charge on any atom is 0.283 e. The zero-order chi connectivity index (χ0) is 13.9. The number of nitrogens with zero attached hydrogens (tertiary/aromatic N) is 2. The summed E-state index contributed by atoms with van der Waals surface area (Å²) in [7, 11) is 0. The summed E-state index contributed by atoms with van der Waals surface area (Å²) in [5.41, 5.74) is 0.779. The molecule has 0 radical (unpaired) electrons. The van der Waals surface area contributed by atoms with Crippen LogP contribution in [-0.2, 0) is 6.54 Å². The zero-order valence-electron chi connectivity index (χ0n) is 11.6. The first-order valence-corrected chi connectivity index (χ1v) is 8.26. The van der Waals surface area contributed by atoms with Crippen LogP contribution in [0.25, 0.3) is 0 Å². The molecule has 0 bridgehead atoms.